The van der Waals surface area contributed by atoms with Gasteiger partial charge in [-0.15, -0.1) is 0 Å². The van der Waals surface area contributed by atoms with E-state index in [0.29, 0.717) is 12.0 Å². The van der Waals surface area contributed by atoms with Crippen LogP contribution in [0.2, 0.25) is 0 Å². The van der Waals surface area contributed by atoms with Crippen LogP contribution in [0, 0.1) is 17.3 Å². The van der Waals surface area contributed by atoms with Gasteiger partial charge in [0.2, 0.25) is 0 Å². The summed E-state index contributed by atoms with van der Waals surface area (Å²) in [6.07, 6.45) is 4.71. The lowest BCUT2D eigenvalue weighted by atomic mass is 9.69. The maximum atomic E-state index is 10.5. The lowest BCUT2D eigenvalue weighted by Gasteiger charge is -2.43. The zero-order chi connectivity index (χ0) is 13.9. The van der Waals surface area contributed by atoms with Crippen molar-refractivity contribution in [2.45, 2.75) is 72.4 Å². The van der Waals surface area contributed by atoms with Gasteiger partial charge in [0, 0.05) is 12.6 Å². The Hall–Kier alpha value is -0.0800. The van der Waals surface area contributed by atoms with E-state index in [1.54, 1.807) is 0 Å². The van der Waals surface area contributed by atoms with E-state index in [2.05, 4.69) is 46.6 Å². The van der Waals surface area contributed by atoms with Crippen molar-refractivity contribution in [3.05, 3.63) is 0 Å². The second kappa shape index (κ2) is 6.38. The molecule has 0 aromatic rings. The molecule has 0 heterocycles. The van der Waals surface area contributed by atoms with E-state index >= 15 is 0 Å². The third-order valence-electron chi connectivity index (χ3n) is 4.73. The highest BCUT2D eigenvalue weighted by molar-refractivity contribution is 4.89. The topological polar surface area (TPSA) is 23.5 Å². The molecule has 2 heteroatoms. The number of hydrogen-bond acceptors (Lipinski definition) is 2. The van der Waals surface area contributed by atoms with Gasteiger partial charge < -0.3 is 10.0 Å². The molecule has 3 unspecified atom stereocenters. The van der Waals surface area contributed by atoms with Crippen LogP contribution >= 0.6 is 0 Å². The van der Waals surface area contributed by atoms with E-state index in [4.69, 9.17) is 0 Å². The standard InChI is InChI=1S/C16H33NO/c1-12(2)10-13(3)17(6)11-14-8-7-9-16(4,5)15(14)18/h12-15,18H,7-11H2,1-6H3. The zero-order valence-corrected chi connectivity index (χ0v) is 13.2. The second-order valence-corrected chi connectivity index (χ2v) is 7.50. The maximum Gasteiger partial charge on any atom is 0.0631 e. The van der Waals surface area contributed by atoms with Crippen molar-refractivity contribution in [3.8, 4) is 0 Å². The Morgan fingerprint density at radius 2 is 1.89 bits per heavy atom. The number of aliphatic hydroxyl groups is 1. The lowest BCUT2D eigenvalue weighted by molar-refractivity contribution is -0.0441. The highest BCUT2D eigenvalue weighted by Gasteiger charge is 2.38. The number of hydrogen-bond donors (Lipinski definition) is 1. The summed E-state index contributed by atoms with van der Waals surface area (Å²) in [5.41, 5.74) is 0.102. The molecule has 0 amide bonds. The molecule has 1 N–H and O–H groups in total. The fraction of sp³-hybridized carbons (Fsp3) is 1.00. The van der Waals surface area contributed by atoms with Crippen LogP contribution in [0.5, 0.6) is 0 Å². The predicted molar refractivity (Wildman–Crippen MR) is 78.7 cm³/mol. The summed E-state index contributed by atoms with van der Waals surface area (Å²) in [7, 11) is 2.21. The summed E-state index contributed by atoms with van der Waals surface area (Å²) in [5, 5.41) is 10.5. The Morgan fingerprint density at radius 3 is 2.44 bits per heavy atom. The number of nitrogens with zero attached hydrogens (tertiary/aromatic N) is 1. The van der Waals surface area contributed by atoms with Gasteiger partial charge in [0.1, 0.15) is 0 Å². The van der Waals surface area contributed by atoms with Gasteiger partial charge in [-0.3, -0.25) is 0 Å². The molecular formula is C16H33NO. The van der Waals surface area contributed by atoms with Gasteiger partial charge in [0.25, 0.3) is 0 Å². The Balaban J connectivity index is 2.50. The molecule has 0 radical (unpaired) electrons. The van der Waals surface area contributed by atoms with Crippen LogP contribution in [0.3, 0.4) is 0 Å². The molecule has 1 aliphatic rings. The number of aliphatic hydroxyl groups excluding tert-OH is 1. The van der Waals surface area contributed by atoms with E-state index in [1.165, 1.54) is 19.3 Å². The summed E-state index contributed by atoms with van der Waals surface area (Å²) in [5.74, 6) is 1.20. The first kappa shape index (κ1) is 16.0. The average molecular weight is 255 g/mol. The SMILES string of the molecule is CC(C)CC(C)N(C)CC1CCCC(C)(C)C1O. The average Bonchev–Trinajstić information content (AvgIpc) is 2.23. The van der Waals surface area contributed by atoms with Crippen molar-refractivity contribution in [2.75, 3.05) is 13.6 Å². The summed E-state index contributed by atoms with van der Waals surface area (Å²) in [6.45, 7) is 12.3. The molecule has 0 saturated heterocycles. The van der Waals surface area contributed by atoms with Gasteiger partial charge in [0.15, 0.2) is 0 Å². The first-order chi connectivity index (χ1) is 8.24. The van der Waals surface area contributed by atoms with Crippen molar-refractivity contribution in [1.29, 1.82) is 0 Å². The van der Waals surface area contributed by atoms with E-state index in [9.17, 15) is 5.11 Å². The van der Waals surface area contributed by atoms with Gasteiger partial charge in [-0.2, -0.15) is 0 Å². The Bertz CT molecular complexity index is 249. The molecule has 1 rings (SSSR count). The Morgan fingerprint density at radius 1 is 1.28 bits per heavy atom. The number of rotatable bonds is 5. The van der Waals surface area contributed by atoms with Crippen molar-refractivity contribution in [1.82, 2.24) is 4.90 Å². The molecule has 1 fully saturated rings. The molecule has 0 spiro atoms. The first-order valence-corrected chi connectivity index (χ1v) is 7.62. The highest BCUT2D eigenvalue weighted by Crippen LogP contribution is 2.39. The fourth-order valence-corrected chi connectivity index (χ4v) is 3.37. The van der Waals surface area contributed by atoms with E-state index < -0.39 is 0 Å². The normalized spacial score (nSPS) is 29.8. The molecule has 0 aromatic carbocycles. The first-order valence-electron chi connectivity index (χ1n) is 7.62. The third-order valence-corrected chi connectivity index (χ3v) is 4.73. The van der Waals surface area contributed by atoms with Gasteiger partial charge >= 0.3 is 0 Å². The lowest BCUT2D eigenvalue weighted by Crippen LogP contribution is -2.46. The maximum absolute atomic E-state index is 10.5. The molecule has 3 atom stereocenters. The van der Waals surface area contributed by atoms with Crippen LogP contribution in [0.1, 0.15) is 60.3 Å². The summed E-state index contributed by atoms with van der Waals surface area (Å²) in [4.78, 5) is 2.44. The van der Waals surface area contributed by atoms with Crippen molar-refractivity contribution < 1.29 is 5.11 Å². The van der Waals surface area contributed by atoms with Crippen LogP contribution in [-0.2, 0) is 0 Å². The van der Waals surface area contributed by atoms with Gasteiger partial charge in [0.05, 0.1) is 6.10 Å². The van der Waals surface area contributed by atoms with E-state index in [0.717, 1.165) is 18.9 Å². The largest absolute Gasteiger partial charge is 0.392 e. The minimum absolute atomic E-state index is 0.102. The molecule has 0 bridgehead atoms. The highest BCUT2D eigenvalue weighted by atomic mass is 16.3. The smallest absolute Gasteiger partial charge is 0.0631 e. The second-order valence-electron chi connectivity index (χ2n) is 7.50. The minimum atomic E-state index is -0.139. The summed E-state index contributed by atoms with van der Waals surface area (Å²) in [6, 6.07) is 0.613. The molecule has 108 valence electrons. The van der Waals surface area contributed by atoms with Crippen LogP contribution in [0.15, 0.2) is 0 Å². The van der Waals surface area contributed by atoms with Crippen LogP contribution in [0.4, 0.5) is 0 Å². The Labute approximate surface area is 114 Å². The van der Waals surface area contributed by atoms with Gasteiger partial charge in [-0.05, 0) is 50.5 Å². The molecular weight excluding hydrogens is 222 g/mol. The predicted octanol–water partition coefficient (Wildman–Crippen LogP) is 3.54. The van der Waals surface area contributed by atoms with Crippen LogP contribution < -0.4 is 0 Å². The fourth-order valence-electron chi connectivity index (χ4n) is 3.37. The Kier molecular flexibility index (Phi) is 5.67. The van der Waals surface area contributed by atoms with Crippen molar-refractivity contribution in [2.24, 2.45) is 17.3 Å². The van der Waals surface area contributed by atoms with Crippen LogP contribution in [-0.4, -0.2) is 35.7 Å². The summed E-state index contributed by atoms with van der Waals surface area (Å²) < 4.78 is 0. The molecule has 0 aliphatic heterocycles. The van der Waals surface area contributed by atoms with E-state index in [1.807, 2.05) is 0 Å². The monoisotopic (exact) mass is 255 g/mol. The molecule has 2 nitrogen and oxygen atoms in total. The molecule has 1 saturated carbocycles. The molecule has 0 aromatic heterocycles. The van der Waals surface area contributed by atoms with E-state index in [-0.39, 0.29) is 11.5 Å². The van der Waals surface area contributed by atoms with Crippen LogP contribution in [0.25, 0.3) is 0 Å². The van der Waals surface area contributed by atoms with Crippen molar-refractivity contribution in [3.63, 3.8) is 0 Å². The quantitative estimate of drug-likeness (QED) is 0.812. The molecule has 1 aliphatic carbocycles. The van der Waals surface area contributed by atoms with Gasteiger partial charge in [-0.25, -0.2) is 0 Å². The molecule has 18 heavy (non-hydrogen) atoms. The summed E-state index contributed by atoms with van der Waals surface area (Å²) >= 11 is 0. The minimum Gasteiger partial charge on any atom is -0.392 e. The van der Waals surface area contributed by atoms with Crippen molar-refractivity contribution >= 4 is 0 Å². The zero-order valence-electron chi connectivity index (χ0n) is 13.2. The third kappa shape index (κ3) is 4.24. The van der Waals surface area contributed by atoms with Gasteiger partial charge in [-0.1, -0.05) is 34.1 Å².